The van der Waals surface area contributed by atoms with Crippen LogP contribution in [0.2, 0.25) is 5.02 Å². The maximum absolute atomic E-state index is 12.5. The molecule has 2 atom stereocenters. The Labute approximate surface area is 118 Å². The molecule has 1 aromatic rings. The predicted molar refractivity (Wildman–Crippen MR) is 75.4 cm³/mol. The molecular formula is C14H19ClN2O2. The van der Waals surface area contributed by atoms with Crippen molar-refractivity contribution in [3.63, 3.8) is 0 Å². The average molecular weight is 283 g/mol. The van der Waals surface area contributed by atoms with E-state index in [9.17, 15) is 9.90 Å². The van der Waals surface area contributed by atoms with E-state index in [2.05, 4.69) is 0 Å². The van der Waals surface area contributed by atoms with Crippen molar-refractivity contribution in [2.75, 3.05) is 13.1 Å². The van der Waals surface area contributed by atoms with Crippen molar-refractivity contribution >= 4 is 17.5 Å². The number of phenols is 1. The highest BCUT2D eigenvalue weighted by atomic mass is 35.5. The lowest BCUT2D eigenvalue weighted by atomic mass is 9.93. The van der Waals surface area contributed by atoms with Gasteiger partial charge in [-0.15, -0.1) is 0 Å². The molecule has 2 unspecified atom stereocenters. The Hall–Kier alpha value is -1.26. The van der Waals surface area contributed by atoms with E-state index in [-0.39, 0.29) is 17.7 Å². The summed E-state index contributed by atoms with van der Waals surface area (Å²) in [5.41, 5.74) is 6.05. The smallest absolute Gasteiger partial charge is 0.255 e. The molecule has 1 heterocycles. The SMILES string of the molecule is CC1CCC(CN)CN1C(=O)c1cc(O)ccc1Cl. The number of rotatable bonds is 2. The Morgan fingerprint density at radius 1 is 1.53 bits per heavy atom. The first-order chi connectivity index (χ1) is 9.02. The van der Waals surface area contributed by atoms with Gasteiger partial charge in [0.25, 0.3) is 5.91 Å². The lowest BCUT2D eigenvalue weighted by Gasteiger charge is -2.37. The Morgan fingerprint density at radius 2 is 2.26 bits per heavy atom. The van der Waals surface area contributed by atoms with E-state index in [1.807, 2.05) is 11.8 Å². The summed E-state index contributed by atoms with van der Waals surface area (Å²) in [5, 5.41) is 9.87. The second kappa shape index (κ2) is 5.80. The van der Waals surface area contributed by atoms with Crippen LogP contribution in [0.1, 0.15) is 30.1 Å². The van der Waals surface area contributed by atoms with Gasteiger partial charge in [-0.05, 0) is 50.4 Å². The molecule has 19 heavy (non-hydrogen) atoms. The molecule has 3 N–H and O–H groups in total. The summed E-state index contributed by atoms with van der Waals surface area (Å²) in [6.07, 6.45) is 2.00. The summed E-state index contributed by atoms with van der Waals surface area (Å²) in [6.45, 7) is 3.27. The van der Waals surface area contributed by atoms with Crippen molar-refractivity contribution in [2.45, 2.75) is 25.8 Å². The Kier molecular flexibility index (Phi) is 4.32. The third-order valence-corrected chi connectivity index (χ3v) is 4.08. The second-order valence-corrected chi connectivity index (χ2v) is 5.56. The minimum absolute atomic E-state index is 0.0489. The molecule has 1 saturated heterocycles. The highest BCUT2D eigenvalue weighted by molar-refractivity contribution is 6.33. The molecule has 1 aliphatic heterocycles. The van der Waals surface area contributed by atoms with Crippen LogP contribution in [0.25, 0.3) is 0 Å². The van der Waals surface area contributed by atoms with Gasteiger partial charge in [-0.1, -0.05) is 11.6 Å². The summed E-state index contributed by atoms with van der Waals surface area (Å²) in [6, 6.07) is 4.61. The number of piperidine rings is 1. The summed E-state index contributed by atoms with van der Waals surface area (Å²) < 4.78 is 0. The maximum atomic E-state index is 12.5. The third-order valence-electron chi connectivity index (χ3n) is 3.75. The van der Waals surface area contributed by atoms with Gasteiger partial charge in [0.05, 0.1) is 10.6 Å². The first kappa shape index (κ1) is 14.2. The Balaban J connectivity index is 2.24. The topological polar surface area (TPSA) is 66.6 Å². The van der Waals surface area contributed by atoms with Gasteiger partial charge in [0, 0.05) is 12.6 Å². The fraction of sp³-hybridized carbons (Fsp3) is 0.500. The van der Waals surface area contributed by atoms with Gasteiger partial charge in [-0.3, -0.25) is 4.79 Å². The molecule has 0 aromatic heterocycles. The van der Waals surface area contributed by atoms with Crippen molar-refractivity contribution in [3.8, 4) is 5.75 Å². The maximum Gasteiger partial charge on any atom is 0.255 e. The molecule has 104 valence electrons. The zero-order valence-electron chi connectivity index (χ0n) is 11.0. The fourth-order valence-corrected chi connectivity index (χ4v) is 2.69. The first-order valence-corrected chi connectivity index (χ1v) is 6.90. The van der Waals surface area contributed by atoms with Crippen LogP contribution in [-0.2, 0) is 0 Å². The number of halogens is 1. The average Bonchev–Trinajstić information content (AvgIpc) is 2.41. The molecule has 1 aliphatic rings. The zero-order chi connectivity index (χ0) is 14.0. The van der Waals surface area contributed by atoms with Crippen molar-refractivity contribution in [1.82, 2.24) is 4.90 Å². The number of carbonyl (C=O) groups excluding carboxylic acids is 1. The van der Waals surface area contributed by atoms with Crippen molar-refractivity contribution in [1.29, 1.82) is 0 Å². The normalized spacial score (nSPS) is 23.4. The van der Waals surface area contributed by atoms with Crippen LogP contribution in [0.3, 0.4) is 0 Å². The summed E-state index contributed by atoms with van der Waals surface area (Å²) in [4.78, 5) is 14.3. The largest absolute Gasteiger partial charge is 0.508 e. The standard InChI is InChI=1S/C14H19ClN2O2/c1-9-2-3-10(7-16)8-17(9)14(19)12-6-11(18)4-5-13(12)15/h4-6,9-10,18H,2-3,7-8,16H2,1H3. The minimum atomic E-state index is -0.133. The van der Waals surface area contributed by atoms with E-state index in [1.165, 1.54) is 12.1 Å². The Morgan fingerprint density at radius 3 is 2.95 bits per heavy atom. The first-order valence-electron chi connectivity index (χ1n) is 6.52. The molecule has 4 nitrogen and oxygen atoms in total. The number of hydrogen-bond donors (Lipinski definition) is 2. The molecular weight excluding hydrogens is 264 g/mol. The van der Waals surface area contributed by atoms with Gasteiger partial charge >= 0.3 is 0 Å². The third kappa shape index (κ3) is 3.01. The van der Waals surface area contributed by atoms with Crippen molar-refractivity contribution in [2.24, 2.45) is 11.7 Å². The molecule has 1 amide bonds. The van der Waals surface area contributed by atoms with Gasteiger partial charge in [0.15, 0.2) is 0 Å². The van der Waals surface area contributed by atoms with Crippen LogP contribution in [0.5, 0.6) is 5.75 Å². The number of phenolic OH excluding ortho intramolecular Hbond substituents is 1. The summed E-state index contributed by atoms with van der Waals surface area (Å²) >= 11 is 6.04. The highest BCUT2D eigenvalue weighted by Crippen LogP contribution is 2.27. The number of nitrogens with zero attached hydrogens (tertiary/aromatic N) is 1. The molecule has 2 rings (SSSR count). The zero-order valence-corrected chi connectivity index (χ0v) is 11.7. The quantitative estimate of drug-likeness (QED) is 0.874. The summed E-state index contributed by atoms with van der Waals surface area (Å²) in [5.74, 6) is 0.260. The molecule has 0 radical (unpaired) electrons. The van der Waals surface area contributed by atoms with Crippen molar-refractivity contribution < 1.29 is 9.90 Å². The van der Waals surface area contributed by atoms with Crippen LogP contribution in [0.4, 0.5) is 0 Å². The molecule has 0 spiro atoms. The number of hydrogen-bond acceptors (Lipinski definition) is 3. The predicted octanol–water partition coefficient (Wildman–Crippen LogP) is 2.25. The molecule has 1 fully saturated rings. The van der Waals surface area contributed by atoms with Gasteiger partial charge in [0.1, 0.15) is 5.75 Å². The minimum Gasteiger partial charge on any atom is -0.508 e. The molecule has 5 heteroatoms. The van der Waals surface area contributed by atoms with Gasteiger partial charge in [-0.25, -0.2) is 0 Å². The lowest BCUT2D eigenvalue weighted by Crippen LogP contribution is -2.47. The second-order valence-electron chi connectivity index (χ2n) is 5.15. The van der Waals surface area contributed by atoms with Gasteiger partial charge < -0.3 is 15.7 Å². The monoisotopic (exact) mass is 282 g/mol. The van der Waals surface area contributed by atoms with E-state index in [0.29, 0.717) is 29.6 Å². The lowest BCUT2D eigenvalue weighted by molar-refractivity contribution is 0.0566. The number of nitrogens with two attached hydrogens (primary N) is 1. The number of likely N-dealkylation sites (tertiary alicyclic amines) is 1. The van der Waals surface area contributed by atoms with Crippen LogP contribution in [0.15, 0.2) is 18.2 Å². The van der Waals surface area contributed by atoms with Gasteiger partial charge in [-0.2, -0.15) is 0 Å². The molecule has 1 aromatic carbocycles. The number of benzene rings is 1. The van der Waals surface area contributed by atoms with Crippen LogP contribution < -0.4 is 5.73 Å². The Bertz CT molecular complexity index is 479. The summed E-state index contributed by atoms with van der Waals surface area (Å²) in [7, 11) is 0. The van der Waals surface area contributed by atoms with Crippen LogP contribution in [-0.4, -0.2) is 35.0 Å². The number of carbonyl (C=O) groups is 1. The van der Waals surface area contributed by atoms with E-state index < -0.39 is 0 Å². The fourth-order valence-electron chi connectivity index (χ4n) is 2.49. The van der Waals surface area contributed by atoms with E-state index in [0.717, 1.165) is 12.8 Å². The van der Waals surface area contributed by atoms with E-state index in [4.69, 9.17) is 17.3 Å². The molecule has 0 saturated carbocycles. The number of amides is 1. The molecule has 0 bridgehead atoms. The molecule has 0 aliphatic carbocycles. The number of aromatic hydroxyl groups is 1. The van der Waals surface area contributed by atoms with E-state index in [1.54, 1.807) is 6.07 Å². The van der Waals surface area contributed by atoms with Gasteiger partial charge in [0.2, 0.25) is 0 Å². The van der Waals surface area contributed by atoms with Crippen LogP contribution in [0, 0.1) is 5.92 Å². The van der Waals surface area contributed by atoms with E-state index >= 15 is 0 Å². The highest BCUT2D eigenvalue weighted by Gasteiger charge is 2.29. The van der Waals surface area contributed by atoms with Crippen LogP contribution >= 0.6 is 11.6 Å². The van der Waals surface area contributed by atoms with Crippen molar-refractivity contribution in [3.05, 3.63) is 28.8 Å².